The van der Waals surface area contributed by atoms with Gasteiger partial charge in [-0.25, -0.2) is 0 Å². The van der Waals surface area contributed by atoms with Crippen molar-refractivity contribution < 1.29 is 19.2 Å². The summed E-state index contributed by atoms with van der Waals surface area (Å²) in [6.07, 6.45) is 19.4. The molecule has 0 aromatic heterocycles. The Kier molecular flexibility index (Phi) is 2.81. The molecule has 1 fully saturated rings. The van der Waals surface area contributed by atoms with Crippen LogP contribution >= 0.6 is 0 Å². The molecule has 3 rings (SSSR count). The third kappa shape index (κ3) is 1.98. The van der Waals surface area contributed by atoms with Gasteiger partial charge in [-0.15, -0.1) is 0 Å². The van der Waals surface area contributed by atoms with Crippen LogP contribution in [-0.4, -0.2) is 0 Å². The van der Waals surface area contributed by atoms with E-state index in [4.69, 9.17) is 0 Å². The molecule has 0 amide bonds. The van der Waals surface area contributed by atoms with Gasteiger partial charge < -0.3 is 0 Å². The first-order chi connectivity index (χ1) is 7.43. The van der Waals surface area contributed by atoms with Gasteiger partial charge in [0.1, 0.15) is 0 Å². The summed E-state index contributed by atoms with van der Waals surface area (Å²) in [6, 6.07) is 0. The minimum atomic E-state index is 0.126. The molecule has 2 unspecified atom stereocenters. The quantitative estimate of drug-likeness (QED) is 0.631. The topological polar surface area (TPSA) is 0 Å². The van der Waals surface area contributed by atoms with Gasteiger partial charge in [-0.2, -0.15) is 0 Å². The summed E-state index contributed by atoms with van der Waals surface area (Å²) >= 11 is 0.126. The fraction of sp³-hybridized carbons (Fsp3) is 0.429. The second-order valence-electron chi connectivity index (χ2n) is 4.63. The maximum atomic E-state index is 2.41. The maximum absolute atomic E-state index is 2.41. The summed E-state index contributed by atoms with van der Waals surface area (Å²) in [7, 11) is 0. The van der Waals surface area contributed by atoms with Gasteiger partial charge in [-0.1, -0.05) is 0 Å². The molecule has 0 N–H and O–H groups in total. The van der Waals surface area contributed by atoms with Gasteiger partial charge in [0.25, 0.3) is 0 Å². The number of rotatable bonds is 2. The zero-order valence-electron chi connectivity index (χ0n) is 8.95. The third-order valence-electron chi connectivity index (χ3n) is 3.65. The van der Waals surface area contributed by atoms with Gasteiger partial charge in [-0.05, 0) is 0 Å². The predicted octanol–water partition coefficient (Wildman–Crippen LogP) is 4.00. The first-order valence-electron chi connectivity index (χ1n) is 5.92. The normalized spacial score (nSPS) is 32.5. The Bertz CT molecular complexity index is 371. The number of fused-ring (bicyclic) bond motifs is 1. The second kappa shape index (κ2) is 4.27. The zero-order valence-corrected chi connectivity index (χ0v) is 10.5. The molecule has 0 radical (unpaired) electrons. The average Bonchev–Trinajstić information content (AvgIpc) is 2.89. The van der Waals surface area contributed by atoms with Gasteiger partial charge in [0.15, 0.2) is 0 Å². The number of allylic oxidation sites excluding steroid dienone is 8. The summed E-state index contributed by atoms with van der Waals surface area (Å²) in [5, 5.41) is 0. The molecule has 0 spiro atoms. The van der Waals surface area contributed by atoms with Crippen molar-refractivity contribution in [1.29, 1.82) is 0 Å². The third-order valence-corrected chi connectivity index (χ3v) is 6.33. The van der Waals surface area contributed by atoms with Crippen molar-refractivity contribution in [1.82, 2.24) is 0 Å². The van der Waals surface area contributed by atoms with Crippen LogP contribution in [0.5, 0.6) is 0 Å². The first-order valence-corrected chi connectivity index (χ1v) is 7.60. The van der Waals surface area contributed by atoms with Crippen LogP contribution in [0.4, 0.5) is 0 Å². The van der Waals surface area contributed by atoms with Crippen molar-refractivity contribution in [2.75, 3.05) is 0 Å². The van der Waals surface area contributed by atoms with Crippen LogP contribution in [0.25, 0.3) is 0 Å². The van der Waals surface area contributed by atoms with E-state index >= 15 is 0 Å². The van der Waals surface area contributed by atoms with Crippen molar-refractivity contribution in [3.05, 3.63) is 45.9 Å². The molecular weight excluding hydrogens is 216 g/mol. The van der Waals surface area contributed by atoms with E-state index < -0.39 is 0 Å². The van der Waals surface area contributed by atoms with Gasteiger partial charge in [0, 0.05) is 0 Å². The van der Waals surface area contributed by atoms with E-state index in [1.807, 2.05) is 0 Å². The number of hydrogen-bond donors (Lipinski definition) is 0. The van der Waals surface area contributed by atoms with Crippen LogP contribution < -0.4 is 0 Å². The van der Waals surface area contributed by atoms with Crippen LogP contribution in [0, 0.1) is 5.92 Å². The van der Waals surface area contributed by atoms with Crippen molar-refractivity contribution in [3.63, 3.8) is 0 Å². The fourth-order valence-corrected chi connectivity index (χ4v) is 5.48. The Balaban J connectivity index is 1.71. The molecule has 0 bridgehead atoms. The average molecular weight is 232 g/mol. The fourth-order valence-electron chi connectivity index (χ4n) is 2.85. The first kappa shape index (κ1) is 9.87. The molecule has 3 aliphatic rings. The molecule has 0 aromatic carbocycles. The van der Waals surface area contributed by atoms with Crippen LogP contribution in [0.3, 0.4) is 0 Å². The molecule has 0 aliphatic heterocycles. The van der Waals surface area contributed by atoms with Crippen molar-refractivity contribution >= 4 is 0 Å². The van der Waals surface area contributed by atoms with E-state index in [-0.39, 0.29) is 19.2 Å². The minimum absolute atomic E-state index is 0.126. The standard InChI is InChI=1S/C9H11.C5H5.Ti/c1-2-5-9-7-3-6-8(9)4-1;1-2-4-5-3-1;/h1-2,4,6,9H,3,5,7H2;1-3H,4H2;. The van der Waals surface area contributed by atoms with Gasteiger partial charge >= 0.3 is 101 Å². The van der Waals surface area contributed by atoms with Crippen LogP contribution in [0.1, 0.15) is 25.7 Å². The Morgan fingerprint density at radius 2 is 2.00 bits per heavy atom. The summed E-state index contributed by atoms with van der Waals surface area (Å²) in [4.78, 5) is 0. The Hall–Kier alpha value is -0.326. The zero-order chi connectivity index (χ0) is 10.1. The molecule has 3 aliphatic carbocycles. The van der Waals surface area contributed by atoms with Crippen molar-refractivity contribution in [2.24, 2.45) is 5.92 Å². The van der Waals surface area contributed by atoms with Crippen LogP contribution in [-0.2, 0) is 19.2 Å². The predicted molar refractivity (Wildman–Crippen MR) is 60.2 cm³/mol. The van der Waals surface area contributed by atoms with Gasteiger partial charge in [-0.3, -0.25) is 0 Å². The molecule has 0 heterocycles. The molecule has 0 nitrogen and oxygen atoms in total. The molecule has 1 saturated carbocycles. The number of hydrogen-bond acceptors (Lipinski definition) is 0. The summed E-state index contributed by atoms with van der Waals surface area (Å²) in [6.45, 7) is 0. The summed E-state index contributed by atoms with van der Waals surface area (Å²) < 4.78 is 2.74. The summed E-state index contributed by atoms with van der Waals surface area (Å²) in [5.74, 6) is 0.915. The van der Waals surface area contributed by atoms with E-state index in [1.165, 1.54) is 25.7 Å². The molecular formula is C14H16Ti. The Morgan fingerprint density at radius 1 is 1.07 bits per heavy atom. The van der Waals surface area contributed by atoms with E-state index in [9.17, 15) is 0 Å². The van der Waals surface area contributed by atoms with E-state index in [0.29, 0.717) is 0 Å². The van der Waals surface area contributed by atoms with E-state index in [2.05, 4.69) is 36.5 Å². The van der Waals surface area contributed by atoms with Gasteiger partial charge in [0.2, 0.25) is 0 Å². The Morgan fingerprint density at radius 3 is 2.87 bits per heavy atom. The van der Waals surface area contributed by atoms with E-state index in [1.54, 1.807) is 9.45 Å². The van der Waals surface area contributed by atoms with E-state index in [0.717, 1.165) is 10.1 Å². The van der Waals surface area contributed by atoms with Gasteiger partial charge in [0.05, 0.1) is 0 Å². The van der Waals surface area contributed by atoms with Crippen molar-refractivity contribution in [2.45, 2.75) is 29.9 Å². The monoisotopic (exact) mass is 232 g/mol. The molecule has 0 saturated heterocycles. The second-order valence-corrected chi connectivity index (χ2v) is 7.17. The molecule has 1 heteroatoms. The molecule has 76 valence electrons. The SMILES string of the molecule is C1=CC[C]([Ti][CH]2CCC3CC=CC=C32)=C1. The molecule has 2 atom stereocenters. The summed E-state index contributed by atoms with van der Waals surface area (Å²) in [5.41, 5.74) is 1.80. The molecule has 0 aromatic rings. The van der Waals surface area contributed by atoms with Crippen LogP contribution in [0.2, 0.25) is 4.22 Å². The Labute approximate surface area is 101 Å². The van der Waals surface area contributed by atoms with Crippen molar-refractivity contribution in [3.8, 4) is 0 Å². The molecule has 15 heavy (non-hydrogen) atoms. The van der Waals surface area contributed by atoms with Crippen LogP contribution in [0.15, 0.2) is 45.9 Å².